The van der Waals surface area contributed by atoms with Crippen LogP contribution in [0.2, 0.25) is 0 Å². The van der Waals surface area contributed by atoms with Gasteiger partial charge in [-0.2, -0.15) is 28.6 Å². The van der Waals surface area contributed by atoms with Crippen molar-refractivity contribution >= 4 is 0 Å². The summed E-state index contributed by atoms with van der Waals surface area (Å²) in [6.07, 6.45) is 0.366. The van der Waals surface area contributed by atoms with E-state index in [0.717, 1.165) is 5.75 Å². The molecule has 0 aliphatic carbocycles. The minimum absolute atomic E-state index is 0.185. The molecular weight excluding hydrogens is 433 g/mol. The summed E-state index contributed by atoms with van der Waals surface area (Å²) < 4.78 is 47.4. The number of fused-ring (bicyclic) bond motifs is 1. The molecular formula is C23H21F3N6O. The lowest BCUT2D eigenvalue weighted by atomic mass is 9.95. The van der Waals surface area contributed by atoms with Crippen molar-refractivity contribution < 1.29 is 17.9 Å². The van der Waals surface area contributed by atoms with Gasteiger partial charge in [-0.15, -0.1) is 0 Å². The first kappa shape index (κ1) is 21.2. The third kappa shape index (κ3) is 4.08. The number of nitrogens with one attached hydrogen (secondary N) is 1. The molecule has 170 valence electrons. The molecule has 0 spiro atoms. The smallest absolute Gasteiger partial charge is 0.437 e. The maximum Gasteiger partial charge on any atom is 0.437 e. The van der Waals surface area contributed by atoms with E-state index in [1.165, 1.54) is 29.5 Å². The fraction of sp³-hybridized carbons (Fsp3) is 0.304. The van der Waals surface area contributed by atoms with E-state index in [1.54, 1.807) is 6.33 Å². The second-order valence-electron chi connectivity index (χ2n) is 8.36. The van der Waals surface area contributed by atoms with Crippen LogP contribution in [0.15, 0.2) is 49.1 Å². The number of nitrogens with zero attached hydrogens (tertiary/aromatic N) is 5. The van der Waals surface area contributed by atoms with E-state index in [2.05, 4.69) is 51.4 Å². The van der Waals surface area contributed by atoms with Crippen molar-refractivity contribution in [1.82, 2.24) is 29.9 Å². The second kappa shape index (κ2) is 8.02. The lowest BCUT2D eigenvalue weighted by Crippen LogP contribution is -2.09. The Morgan fingerprint density at radius 2 is 1.97 bits per heavy atom. The van der Waals surface area contributed by atoms with Crippen molar-refractivity contribution in [3.63, 3.8) is 0 Å². The Bertz CT molecular complexity index is 1290. The maximum absolute atomic E-state index is 13.2. The zero-order chi connectivity index (χ0) is 23.2. The highest BCUT2D eigenvalue weighted by molar-refractivity contribution is 5.67. The maximum atomic E-state index is 13.2. The van der Waals surface area contributed by atoms with Crippen molar-refractivity contribution in [3.8, 4) is 28.4 Å². The highest BCUT2D eigenvalue weighted by atomic mass is 19.4. The van der Waals surface area contributed by atoms with Gasteiger partial charge in [0.05, 0.1) is 18.6 Å². The molecule has 0 radical (unpaired) electrons. The van der Waals surface area contributed by atoms with Crippen LogP contribution < -0.4 is 4.74 Å². The number of hydrogen-bond acceptors (Lipinski definition) is 5. The Morgan fingerprint density at radius 3 is 2.76 bits per heavy atom. The molecule has 3 aromatic heterocycles. The predicted molar refractivity (Wildman–Crippen MR) is 115 cm³/mol. The first-order chi connectivity index (χ1) is 15.8. The summed E-state index contributed by atoms with van der Waals surface area (Å²) in [5, 5.41) is 8.98. The van der Waals surface area contributed by atoms with Gasteiger partial charge < -0.3 is 9.30 Å². The molecule has 4 heterocycles. The van der Waals surface area contributed by atoms with Crippen LogP contribution in [0.5, 0.6) is 5.75 Å². The Hall–Kier alpha value is -3.69. The Balaban J connectivity index is 1.39. The van der Waals surface area contributed by atoms with Gasteiger partial charge in [-0.3, -0.25) is 4.98 Å². The number of halogens is 3. The second-order valence-corrected chi connectivity index (χ2v) is 8.36. The molecule has 33 heavy (non-hydrogen) atoms. The molecule has 1 aromatic carbocycles. The molecule has 0 amide bonds. The molecule has 4 aromatic rings. The monoisotopic (exact) mass is 454 g/mol. The third-order valence-electron chi connectivity index (χ3n) is 5.76. The van der Waals surface area contributed by atoms with Gasteiger partial charge in [-0.1, -0.05) is 26.0 Å². The molecule has 0 unspecified atom stereocenters. The van der Waals surface area contributed by atoms with Crippen LogP contribution in [-0.2, 0) is 12.7 Å². The summed E-state index contributed by atoms with van der Waals surface area (Å²) in [6.45, 7) is 5.58. The normalized spacial score (nSPS) is 15.6. The molecule has 1 aliphatic rings. The number of aromatic amines is 1. The summed E-state index contributed by atoms with van der Waals surface area (Å²) in [7, 11) is 0. The van der Waals surface area contributed by atoms with E-state index in [1.807, 2.05) is 16.8 Å². The summed E-state index contributed by atoms with van der Waals surface area (Å²) in [4.78, 5) is 8.70. The number of aromatic nitrogens is 6. The SMILES string of the molecule is CC(C)c1ccc2c(c1)[C@@H](Cn1cnc(-c3cc(-c4n[nH]nc4C(F)(F)F)ccn3)c1)CO2. The number of alkyl halides is 3. The summed E-state index contributed by atoms with van der Waals surface area (Å²) in [5.74, 6) is 1.52. The van der Waals surface area contributed by atoms with Gasteiger partial charge in [0, 0.05) is 36.0 Å². The van der Waals surface area contributed by atoms with Crippen LogP contribution in [0.3, 0.4) is 0 Å². The van der Waals surface area contributed by atoms with E-state index in [4.69, 9.17) is 4.74 Å². The molecule has 10 heteroatoms. The summed E-state index contributed by atoms with van der Waals surface area (Å²) >= 11 is 0. The van der Waals surface area contributed by atoms with Gasteiger partial charge in [0.1, 0.15) is 17.1 Å². The van der Waals surface area contributed by atoms with Gasteiger partial charge in [-0.05, 0) is 29.7 Å². The standard InChI is InChI=1S/C23H21F3N6O/c1-13(2)14-3-4-20-17(7-14)16(11-33-20)9-32-10-19(28-12-32)18-8-15(5-6-27-18)21-22(23(24,25)26)30-31-29-21/h3-8,10,12-13,16H,9,11H2,1-2H3,(H,29,30,31)/t16-/m0/s1. The Labute approximate surface area is 187 Å². The van der Waals surface area contributed by atoms with E-state index >= 15 is 0 Å². The number of ether oxygens (including phenoxy) is 1. The molecule has 0 fully saturated rings. The van der Waals surface area contributed by atoms with Crippen molar-refractivity contribution in [2.45, 2.75) is 38.4 Å². The minimum atomic E-state index is -4.61. The molecule has 0 saturated heterocycles. The van der Waals surface area contributed by atoms with E-state index in [-0.39, 0.29) is 17.2 Å². The molecule has 1 aliphatic heterocycles. The Morgan fingerprint density at radius 1 is 1.12 bits per heavy atom. The first-order valence-corrected chi connectivity index (χ1v) is 10.5. The molecule has 0 saturated carbocycles. The van der Waals surface area contributed by atoms with Crippen LogP contribution in [0.4, 0.5) is 13.2 Å². The average Bonchev–Trinajstić information content (AvgIpc) is 3.53. The number of hydrogen-bond donors (Lipinski definition) is 1. The van der Waals surface area contributed by atoms with E-state index in [9.17, 15) is 13.2 Å². The number of pyridine rings is 1. The largest absolute Gasteiger partial charge is 0.493 e. The van der Waals surface area contributed by atoms with Gasteiger partial charge in [0.25, 0.3) is 0 Å². The minimum Gasteiger partial charge on any atom is -0.493 e. The number of imidazole rings is 1. The molecule has 1 N–H and O–H groups in total. The average molecular weight is 454 g/mol. The lowest BCUT2D eigenvalue weighted by Gasteiger charge is -2.12. The Kier molecular flexibility index (Phi) is 5.15. The van der Waals surface area contributed by atoms with E-state index < -0.39 is 11.9 Å². The van der Waals surface area contributed by atoms with Crippen LogP contribution in [-0.4, -0.2) is 36.6 Å². The number of benzene rings is 1. The zero-order valence-corrected chi connectivity index (χ0v) is 18.0. The topological polar surface area (TPSA) is 81.5 Å². The van der Waals surface area contributed by atoms with Crippen molar-refractivity contribution in [1.29, 1.82) is 0 Å². The highest BCUT2D eigenvalue weighted by Gasteiger charge is 2.38. The van der Waals surface area contributed by atoms with Gasteiger partial charge >= 0.3 is 6.18 Å². The number of H-pyrrole nitrogens is 1. The molecule has 7 nitrogen and oxygen atoms in total. The molecule has 5 rings (SSSR count). The van der Waals surface area contributed by atoms with Gasteiger partial charge in [0.2, 0.25) is 0 Å². The third-order valence-corrected chi connectivity index (χ3v) is 5.76. The van der Waals surface area contributed by atoms with Crippen molar-refractivity contribution in [3.05, 3.63) is 65.9 Å². The molecule has 0 bridgehead atoms. The molecule has 1 atom stereocenters. The van der Waals surface area contributed by atoms with Gasteiger partial charge in [-0.25, -0.2) is 4.98 Å². The van der Waals surface area contributed by atoms with Gasteiger partial charge in [0.15, 0.2) is 5.69 Å². The van der Waals surface area contributed by atoms with Crippen molar-refractivity contribution in [2.24, 2.45) is 0 Å². The summed E-state index contributed by atoms with van der Waals surface area (Å²) in [6, 6.07) is 9.32. The van der Waals surface area contributed by atoms with E-state index in [0.29, 0.717) is 30.5 Å². The fourth-order valence-corrected chi connectivity index (χ4v) is 4.00. The van der Waals surface area contributed by atoms with Crippen LogP contribution in [0.1, 0.15) is 42.5 Å². The van der Waals surface area contributed by atoms with Crippen LogP contribution in [0, 0.1) is 0 Å². The van der Waals surface area contributed by atoms with Crippen LogP contribution in [0.25, 0.3) is 22.6 Å². The quantitative estimate of drug-likeness (QED) is 0.457. The lowest BCUT2D eigenvalue weighted by molar-refractivity contribution is -0.140. The number of rotatable bonds is 5. The fourth-order valence-electron chi connectivity index (χ4n) is 4.00. The first-order valence-electron chi connectivity index (χ1n) is 10.5. The highest BCUT2D eigenvalue weighted by Crippen LogP contribution is 2.37. The van der Waals surface area contributed by atoms with Crippen LogP contribution >= 0.6 is 0 Å². The summed E-state index contributed by atoms with van der Waals surface area (Å²) in [5.41, 5.74) is 2.38. The zero-order valence-electron chi connectivity index (χ0n) is 18.0. The predicted octanol–water partition coefficient (Wildman–Crippen LogP) is 5.05. The van der Waals surface area contributed by atoms with Crippen molar-refractivity contribution in [2.75, 3.05) is 6.61 Å².